The molecule has 0 aliphatic rings. The van der Waals surface area contributed by atoms with Gasteiger partial charge in [0.1, 0.15) is 6.10 Å². The lowest BCUT2D eigenvalue weighted by Crippen LogP contribution is -1.98. The molecule has 0 spiro atoms. The summed E-state index contributed by atoms with van der Waals surface area (Å²) in [6, 6.07) is 3.49. The Hall–Kier alpha value is -0.940. The lowest BCUT2D eigenvalue weighted by atomic mass is 10.2. The van der Waals surface area contributed by atoms with Crippen LogP contribution in [0.3, 0.4) is 0 Å². The van der Waals surface area contributed by atoms with Crippen LogP contribution in [0.1, 0.15) is 18.6 Å². The van der Waals surface area contributed by atoms with Gasteiger partial charge in [0, 0.05) is 18.0 Å². The van der Waals surface area contributed by atoms with Crippen molar-refractivity contribution < 1.29 is 12.6 Å². The highest BCUT2D eigenvalue weighted by molar-refractivity contribution is 7.67. The minimum Gasteiger partial charge on any atom is -0.264 e. The Morgan fingerprint density at radius 1 is 1.58 bits per heavy atom. The van der Waals surface area contributed by atoms with Crippen LogP contribution >= 0.6 is 0 Å². The molecular weight excluding hydrogens is 178 g/mol. The van der Waals surface area contributed by atoms with Crippen molar-refractivity contribution in [2.75, 3.05) is 0 Å². The smallest absolute Gasteiger partial charge is 0.257 e. The molecule has 0 fully saturated rings. The molecule has 0 saturated heterocycles. The van der Waals surface area contributed by atoms with E-state index >= 15 is 0 Å². The minimum absolute atomic E-state index is 0.459. The Balaban J connectivity index is 2.71. The first kappa shape index (κ1) is 9.15. The molecule has 4 nitrogen and oxygen atoms in total. The van der Waals surface area contributed by atoms with Crippen molar-refractivity contribution in [2.24, 2.45) is 0 Å². The summed E-state index contributed by atoms with van der Waals surface area (Å²) < 4.78 is 24.9. The van der Waals surface area contributed by atoms with Crippen molar-refractivity contribution >= 4 is 11.0 Å². The minimum atomic E-state index is -2.79. The second-order valence-electron chi connectivity index (χ2n) is 2.26. The number of aromatic nitrogens is 1. The van der Waals surface area contributed by atoms with Crippen LogP contribution in [0, 0.1) is 0 Å². The standard InChI is InChI=1S/C7H9NO3S/c1-6(11-12(9)10)7-3-2-4-8-5-7/h2-6,12H,1H3. The fraction of sp³-hybridized carbons (Fsp3) is 0.286. The van der Waals surface area contributed by atoms with Gasteiger partial charge < -0.3 is 0 Å². The maximum Gasteiger partial charge on any atom is 0.257 e. The van der Waals surface area contributed by atoms with Crippen LogP contribution in [-0.4, -0.2) is 13.4 Å². The van der Waals surface area contributed by atoms with Crippen molar-refractivity contribution in [2.45, 2.75) is 13.0 Å². The highest BCUT2D eigenvalue weighted by atomic mass is 32.2. The molecule has 66 valence electrons. The third-order valence-electron chi connectivity index (χ3n) is 1.40. The van der Waals surface area contributed by atoms with Gasteiger partial charge in [0.25, 0.3) is 11.0 Å². The topological polar surface area (TPSA) is 56.3 Å². The third kappa shape index (κ3) is 2.60. The summed E-state index contributed by atoms with van der Waals surface area (Å²) >= 11 is 0. The molecule has 0 amide bonds. The second-order valence-corrected chi connectivity index (χ2v) is 2.92. The SMILES string of the molecule is CC(O[SH](=O)=O)c1cccnc1. The van der Waals surface area contributed by atoms with E-state index in [1.807, 2.05) is 0 Å². The van der Waals surface area contributed by atoms with Crippen molar-refractivity contribution in [3.63, 3.8) is 0 Å². The first-order chi connectivity index (χ1) is 5.70. The zero-order valence-electron chi connectivity index (χ0n) is 6.51. The summed E-state index contributed by atoms with van der Waals surface area (Å²) in [6.45, 7) is 1.65. The fourth-order valence-corrected chi connectivity index (χ4v) is 1.19. The maximum absolute atomic E-state index is 10.2. The highest BCUT2D eigenvalue weighted by Gasteiger charge is 2.05. The average Bonchev–Trinajstić information content (AvgIpc) is 2.05. The predicted molar refractivity (Wildman–Crippen MR) is 44.1 cm³/mol. The van der Waals surface area contributed by atoms with Crippen LogP contribution in [-0.2, 0) is 15.2 Å². The number of thiol groups is 1. The Kier molecular flexibility index (Phi) is 3.19. The molecule has 0 aromatic carbocycles. The maximum atomic E-state index is 10.2. The van der Waals surface area contributed by atoms with Gasteiger partial charge in [0.05, 0.1) is 0 Å². The number of hydrogen-bond acceptors (Lipinski definition) is 4. The molecule has 0 N–H and O–H groups in total. The largest absolute Gasteiger partial charge is 0.264 e. The number of rotatable bonds is 3. The van der Waals surface area contributed by atoms with E-state index in [0.717, 1.165) is 5.56 Å². The van der Waals surface area contributed by atoms with Crippen LogP contribution in [0.15, 0.2) is 24.5 Å². The molecule has 0 aliphatic heterocycles. The monoisotopic (exact) mass is 187 g/mol. The van der Waals surface area contributed by atoms with E-state index in [-0.39, 0.29) is 0 Å². The van der Waals surface area contributed by atoms with Crippen molar-refractivity contribution in [1.82, 2.24) is 4.98 Å². The zero-order valence-corrected chi connectivity index (χ0v) is 7.40. The Morgan fingerprint density at radius 2 is 2.33 bits per heavy atom. The molecule has 0 bridgehead atoms. The molecule has 1 aromatic heterocycles. The first-order valence-electron chi connectivity index (χ1n) is 3.41. The summed E-state index contributed by atoms with van der Waals surface area (Å²) in [6.07, 6.45) is 2.73. The van der Waals surface area contributed by atoms with Crippen LogP contribution in [0.2, 0.25) is 0 Å². The molecule has 1 unspecified atom stereocenters. The van der Waals surface area contributed by atoms with E-state index in [9.17, 15) is 8.42 Å². The van der Waals surface area contributed by atoms with E-state index in [2.05, 4.69) is 9.17 Å². The average molecular weight is 187 g/mol. The molecule has 0 aliphatic carbocycles. The van der Waals surface area contributed by atoms with E-state index in [1.165, 1.54) is 0 Å². The van der Waals surface area contributed by atoms with E-state index in [0.29, 0.717) is 0 Å². The van der Waals surface area contributed by atoms with Crippen LogP contribution < -0.4 is 0 Å². The molecular formula is C7H9NO3S. The number of nitrogens with zero attached hydrogens (tertiary/aromatic N) is 1. The fourth-order valence-electron chi connectivity index (χ4n) is 0.806. The van der Waals surface area contributed by atoms with Gasteiger partial charge in [-0.05, 0) is 13.0 Å². The van der Waals surface area contributed by atoms with Crippen molar-refractivity contribution in [1.29, 1.82) is 0 Å². The van der Waals surface area contributed by atoms with Crippen LogP contribution in [0.25, 0.3) is 0 Å². The second kappa shape index (κ2) is 4.18. The van der Waals surface area contributed by atoms with Gasteiger partial charge in [-0.1, -0.05) is 6.07 Å². The molecule has 0 radical (unpaired) electrons. The summed E-state index contributed by atoms with van der Waals surface area (Å²) in [5.41, 5.74) is 0.747. The molecule has 1 heterocycles. The van der Waals surface area contributed by atoms with Gasteiger partial charge in [-0.15, -0.1) is 0 Å². The van der Waals surface area contributed by atoms with Gasteiger partial charge in [-0.3, -0.25) is 9.17 Å². The predicted octanol–water partition coefficient (Wildman–Crippen LogP) is 0.686. The number of pyridine rings is 1. The molecule has 5 heteroatoms. The van der Waals surface area contributed by atoms with Gasteiger partial charge in [0.15, 0.2) is 0 Å². The Morgan fingerprint density at radius 3 is 2.83 bits per heavy atom. The van der Waals surface area contributed by atoms with E-state index in [4.69, 9.17) is 0 Å². The first-order valence-corrected chi connectivity index (χ1v) is 4.51. The normalized spacial score (nSPS) is 13.2. The molecule has 1 aromatic rings. The van der Waals surface area contributed by atoms with Crippen molar-refractivity contribution in [3.05, 3.63) is 30.1 Å². The summed E-state index contributed by atoms with van der Waals surface area (Å²) in [5.74, 6) is 0. The Labute approximate surface area is 72.4 Å². The number of hydrogen-bond donors (Lipinski definition) is 1. The third-order valence-corrected chi connectivity index (χ3v) is 1.89. The highest BCUT2D eigenvalue weighted by Crippen LogP contribution is 2.14. The van der Waals surface area contributed by atoms with Gasteiger partial charge >= 0.3 is 0 Å². The quantitative estimate of drug-likeness (QED) is 0.707. The van der Waals surface area contributed by atoms with Crippen LogP contribution in [0.4, 0.5) is 0 Å². The summed E-state index contributed by atoms with van der Waals surface area (Å²) in [5, 5.41) is 0. The van der Waals surface area contributed by atoms with E-state index < -0.39 is 17.1 Å². The Bertz CT molecular complexity index is 302. The van der Waals surface area contributed by atoms with Gasteiger partial charge in [-0.25, -0.2) is 8.42 Å². The summed E-state index contributed by atoms with van der Waals surface area (Å²) in [4.78, 5) is 3.84. The van der Waals surface area contributed by atoms with Gasteiger partial charge in [-0.2, -0.15) is 0 Å². The molecule has 12 heavy (non-hydrogen) atoms. The molecule has 0 saturated carbocycles. The van der Waals surface area contributed by atoms with E-state index in [1.54, 1.807) is 31.5 Å². The molecule has 1 rings (SSSR count). The van der Waals surface area contributed by atoms with Gasteiger partial charge in [0.2, 0.25) is 0 Å². The lowest BCUT2D eigenvalue weighted by Gasteiger charge is -2.06. The summed E-state index contributed by atoms with van der Waals surface area (Å²) in [7, 11) is -2.79. The lowest BCUT2D eigenvalue weighted by molar-refractivity contribution is 0.245. The van der Waals surface area contributed by atoms with Crippen molar-refractivity contribution in [3.8, 4) is 0 Å². The zero-order chi connectivity index (χ0) is 8.97. The molecule has 1 atom stereocenters. The van der Waals surface area contributed by atoms with Crippen LogP contribution in [0.5, 0.6) is 0 Å².